The van der Waals surface area contributed by atoms with Crippen molar-refractivity contribution in [2.24, 2.45) is 0 Å². The van der Waals surface area contributed by atoms with Gasteiger partial charge in [-0.1, -0.05) is 67.1 Å². The van der Waals surface area contributed by atoms with Crippen molar-refractivity contribution >= 4 is 38.5 Å². The Balaban J connectivity index is 1.78. The molecule has 3 rings (SSSR count). The summed E-state index contributed by atoms with van der Waals surface area (Å²) >= 11 is 3.60. The third-order valence-electron chi connectivity index (χ3n) is 5.82. The van der Waals surface area contributed by atoms with E-state index < -0.39 is 6.04 Å². The highest BCUT2D eigenvalue weighted by Gasteiger charge is 2.27. The highest BCUT2D eigenvalue weighted by atomic mass is 79.9. The summed E-state index contributed by atoms with van der Waals surface area (Å²) in [5.41, 5.74) is 2.10. The van der Waals surface area contributed by atoms with Crippen LogP contribution in [0.5, 0.6) is 5.75 Å². The number of hydrogen-bond donors (Lipinski definition) is 1. The summed E-state index contributed by atoms with van der Waals surface area (Å²) < 4.78 is 6.71. The lowest BCUT2D eigenvalue weighted by molar-refractivity contribution is -0.142. The third kappa shape index (κ3) is 6.35. The fourth-order valence-electron chi connectivity index (χ4n) is 3.49. The molecule has 0 heterocycles. The maximum atomic E-state index is 13.3. The van der Waals surface area contributed by atoms with Crippen LogP contribution >= 0.6 is 15.9 Å². The molecule has 3 aromatic rings. The molecular formula is C27H31BrN2O3. The standard InChI is InChI=1S/C27H31BrN2O3/c1-5-19(3)29-27(32)20(4)30(16-21-12-10-18(2)11-13-21)25(31)17-33-24-15-14-22-8-6-7-9-23(22)26(24)28/h6-15,19-20H,5,16-17H2,1-4H3,(H,29,32)/t19-,20+/m0/s1. The summed E-state index contributed by atoms with van der Waals surface area (Å²) in [5.74, 6) is 0.174. The van der Waals surface area contributed by atoms with Gasteiger partial charge in [-0.3, -0.25) is 9.59 Å². The van der Waals surface area contributed by atoms with Gasteiger partial charge in [0, 0.05) is 12.6 Å². The van der Waals surface area contributed by atoms with E-state index in [4.69, 9.17) is 4.74 Å². The fraction of sp³-hybridized carbons (Fsp3) is 0.333. The number of aryl methyl sites for hydroxylation is 1. The van der Waals surface area contributed by atoms with Crippen molar-refractivity contribution in [3.05, 3.63) is 76.3 Å². The van der Waals surface area contributed by atoms with Crippen molar-refractivity contribution in [1.29, 1.82) is 0 Å². The van der Waals surface area contributed by atoms with Crippen molar-refractivity contribution in [1.82, 2.24) is 10.2 Å². The predicted octanol–water partition coefficient (Wildman–Crippen LogP) is 5.62. The summed E-state index contributed by atoms with van der Waals surface area (Å²) in [4.78, 5) is 27.7. The average Bonchev–Trinajstić information content (AvgIpc) is 2.82. The van der Waals surface area contributed by atoms with Gasteiger partial charge in [0.05, 0.1) is 4.47 Å². The van der Waals surface area contributed by atoms with Crippen LogP contribution in [0, 0.1) is 6.92 Å². The minimum atomic E-state index is -0.628. The monoisotopic (exact) mass is 510 g/mol. The van der Waals surface area contributed by atoms with Crippen LogP contribution in [-0.2, 0) is 16.1 Å². The van der Waals surface area contributed by atoms with E-state index in [2.05, 4.69) is 21.2 Å². The van der Waals surface area contributed by atoms with Crippen LogP contribution in [0.4, 0.5) is 0 Å². The smallest absolute Gasteiger partial charge is 0.261 e. The van der Waals surface area contributed by atoms with Gasteiger partial charge >= 0.3 is 0 Å². The molecule has 0 spiro atoms. The quantitative estimate of drug-likeness (QED) is 0.406. The van der Waals surface area contributed by atoms with E-state index >= 15 is 0 Å². The van der Waals surface area contributed by atoms with Crippen LogP contribution in [-0.4, -0.2) is 35.4 Å². The van der Waals surface area contributed by atoms with Crippen molar-refractivity contribution in [3.63, 3.8) is 0 Å². The number of carbonyl (C=O) groups is 2. The Hall–Kier alpha value is -2.86. The van der Waals surface area contributed by atoms with Crippen molar-refractivity contribution in [2.45, 2.75) is 52.7 Å². The third-order valence-corrected chi connectivity index (χ3v) is 6.64. The molecule has 174 valence electrons. The Labute approximate surface area is 204 Å². The molecule has 0 aliphatic carbocycles. The minimum Gasteiger partial charge on any atom is -0.483 e. The Morgan fingerprint density at radius 3 is 2.42 bits per heavy atom. The highest BCUT2D eigenvalue weighted by molar-refractivity contribution is 9.10. The first kappa shape index (κ1) is 24.8. The average molecular weight is 511 g/mol. The molecule has 5 nitrogen and oxygen atoms in total. The number of nitrogens with one attached hydrogen (secondary N) is 1. The molecule has 2 amide bonds. The maximum absolute atomic E-state index is 13.3. The molecule has 0 saturated heterocycles. The second kappa shape index (κ2) is 11.3. The molecule has 6 heteroatoms. The van der Waals surface area contributed by atoms with Crippen LogP contribution in [0.1, 0.15) is 38.3 Å². The summed E-state index contributed by atoms with van der Waals surface area (Å²) in [5, 5.41) is 5.08. The van der Waals surface area contributed by atoms with E-state index in [0.717, 1.165) is 32.8 Å². The second-order valence-corrected chi connectivity index (χ2v) is 9.18. The van der Waals surface area contributed by atoms with Crippen LogP contribution in [0.2, 0.25) is 0 Å². The van der Waals surface area contributed by atoms with Crippen LogP contribution < -0.4 is 10.1 Å². The zero-order chi connectivity index (χ0) is 24.0. The SMILES string of the molecule is CC[C@H](C)NC(=O)[C@@H](C)N(Cc1ccc(C)cc1)C(=O)COc1ccc2ccccc2c1Br. The Kier molecular flexibility index (Phi) is 8.50. The topological polar surface area (TPSA) is 58.6 Å². The Bertz CT molecular complexity index is 1110. The second-order valence-electron chi connectivity index (χ2n) is 8.39. The summed E-state index contributed by atoms with van der Waals surface area (Å²) in [6.07, 6.45) is 0.823. The van der Waals surface area contributed by atoms with Gasteiger partial charge in [0.2, 0.25) is 5.91 Å². The van der Waals surface area contributed by atoms with Gasteiger partial charge in [0.1, 0.15) is 11.8 Å². The normalized spacial score (nSPS) is 12.8. The van der Waals surface area contributed by atoms with E-state index in [1.54, 1.807) is 11.8 Å². The molecule has 0 radical (unpaired) electrons. The van der Waals surface area contributed by atoms with Crippen molar-refractivity contribution in [2.75, 3.05) is 6.61 Å². The molecule has 0 unspecified atom stereocenters. The van der Waals surface area contributed by atoms with Crippen LogP contribution in [0.3, 0.4) is 0 Å². The molecule has 0 aromatic heterocycles. The molecule has 0 aliphatic rings. The number of amides is 2. The molecule has 3 aromatic carbocycles. The molecule has 2 atom stereocenters. The fourth-order valence-corrected chi connectivity index (χ4v) is 4.09. The lowest BCUT2D eigenvalue weighted by atomic mass is 10.1. The largest absolute Gasteiger partial charge is 0.483 e. The molecule has 0 bridgehead atoms. The van der Waals surface area contributed by atoms with Gasteiger partial charge in [-0.2, -0.15) is 0 Å². The van der Waals surface area contributed by atoms with Crippen LogP contribution in [0.25, 0.3) is 10.8 Å². The first-order valence-corrected chi connectivity index (χ1v) is 12.0. The minimum absolute atomic E-state index is 0.0427. The van der Waals surface area contributed by atoms with E-state index in [1.807, 2.05) is 81.4 Å². The molecular weight excluding hydrogens is 480 g/mol. The first-order valence-electron chi connectivity index (χ1n) is 11.3. The number of rotatable bonds is 9. The van der Waals surface area contributed by atoms with Gasteiger partial charge in [-0.15, -0.1) is 0 Å². The number of halogens is 1. The molecule has 0 aliphatic heterocycles. The van der Waals surface area contributed by atoms with Gasteiger partial charge in [-0.25, -0.2) is 0 Å². The van der Waals surface area contributed by atoms with E-state index in [0.29, 0.717) is 12.3 Å². The molecule has 33 heavy (non-hydrogen) atoms. The zero-order valence-electron chi connectivity index (χ0n) is 19.6. The van der Waals surface area contributed by atoms with Crippen molar-refractivity contribution < 1.29 is 14.3 Å². The van der Waals surface area contributed by atoms with E-state index in [9.17, 15) is 9.59 Å². The predicted molar refractivity (Wildman–Crippen MR) is 136 cm³/mol. The molecule has 1 N–H and O–H groups in total. The first-order chi connectivity index (χ1) is 15.8. The highest BCUT2D eigenvalue weighted by Crippen LogP contribution is 2.33. The Morgan fingerprint density at radius 1 is 1.03 bits per heavy atom. The zero-order valence-corrected chi connectivity index (χ0v) is 21.2. The summed E-state index contributed by atoms with van der Waals surface area (Å²) in [6.45, 7) is 7.91. The summed E-state index contributed by atoms with van der Waals surface area (Å²) in [7, 11) is 0. The number of ether oxygens (including phenoxy) is 1. The van der Waals surface area contributed by atoms with E-state index in [-0.39, 0.29) is 24.5 Å². The maximum Gasteiger partial charge on any atom is 0.261 e. The molecule has 0 fully saturated rings. The Morgan fingerprint density at radius 2 is 1.73 bits per heavy atom. The van der Waals surface area contributed by atoms with Crippen LogP contribution in [0.15, 0.2) is 65.1 Å². The van der Waals surface area contributed by atoms with Gasteiger partial charge in [-0.05, 0) is 65.5 Å². The van der Waals surface area contributed by atoms with Gasteiger partial charge in [0.15, 0.2) is 6.61 Å². The number of nitrogens with zero attached hydrogens (tertiary/aromatic N) is 1. The molecule has 0 saturated carbocycles. The van der Waals surface area contributed by atoms with Crippen molar-refractivity contribution in [3.8, 4) is 5.75 Å². The number of fused-ring (bicyclic) bond motifs is 1. The number of hydrogen-bond acceptors (Lipinski definition) is 3. The number of carbonyl (C=O) groups excluding carboxylic acids is 2. The lowest BCUT2D eigenvalue weighted by Crippen LogP contribution is -2.50. The summed E-state index contributed by atoms with van der Waals surface area (Å²) in [6, 6.07) is 19.2. The van der Waals surface area contributed by atoms with Gasteiger partial charge < -0.3 is 15.0 Å². The van der Waals surface area contributed by atoms with Gasteiger partial charge in [0.25, 0.3) is 5.91 Å². The number of benzene rings is 3. The van der Waals surface area contributed by atoms with E-state index in [1.165, 1.54) is 0 Å². The lowest BCUT2D eigenvalue weighted by Gasteiger charge is -2.29.